The Morgan fingerprint density at radius 3 is 2.96 bits per heavy atom. The molecule has 1 aliphatic rings. The fraction of sp³-hybridized carbons (Fsp3) is 0.529. The van der Waals surface area contributed by atoms with Crippen LogP contribution in [0.4, 0.5) is 0 Å². The molecule has 124 valence electrons. The quantitative estimate of drug-likeness (QED) is 0.624. The summed E-state index contributed by atoms with van der Waals surface area (Å²) >= 11 is 1.71. The lowest BCUT2D eigenvalue weighted by Gasteiger charge is -2.21. The van der Waals surface area contributed by atoms with Crippen molar-refractivity contribution in [2.45, 2.75) is 30.5 Å². The number of rotatable bonds is 7. The molecule has 3 rings (SSSR count). The van der Waals surface area contributed by atoms with Gasteiger partial charge in [0.15, 0.2) is 5.16 Å². The molecule has 23 heavy (non-hydrogen) atoms. The topological polar surface area (TPSA) is 52.0 Å². The van der Waals surface area contributed by atoms with E-state index in [1.165, 1.54) is 18.4 Å². The van der Waals surface area contributed by atoms with E-state index in [4.69, 9.17) is 4.74 Å². The Hall–Kier alpha value is -1.37. The van der Waals surface area contributed by atoms with Crippen LogP contribution in [-0.2, 0) is 18.4 Å². The van der Waals surface area contributed by atoms with Crippen molar-refractivity contribution in [3.63, 3.8) is 0 Å². The third-order valence-electron chi connectivity index (χ3n) is 4.10. The Bertz CT molecular complexity index is 596. The van der Waals surface area contributed by atoms with Gasteiger partial charge in [-0.25, -0.2) is 0 Å². The van der Waals surface area contributed by atoms with Gasteiger partial charge in [-0.2, -0.15) is 0 Å². The zero-order valence-electron chi connectivity index (χ0n) is 13.6. The van der Waals surface area contributed by atoms with Crippen LogP contribution in [0.25, 0.3) is 0 Å². The third-order valence-corrected chi connectivity index (χ3v) is 5.09. The number of hydrogen-bond acceptors (Lipinski definition) is 5. The average molecular weight is 332 g/mol. The summed E-state index contributed by atoms with van der Waals surface area (Å²) in [5, 5.41) is 13.2. The second-order valence-corrected chi connectivity index (χ2v) is 6.89. The number of nitrogens with one attached hydrogen (secondary N) is 1. The maximum atomic E-state index is 5.72. The molecule has 6 heteroatoms. The molecule has 1 atom stereocenters. The number of hydrogen-bond donors (Lipinski definition) is 1. The Morgan fingerprint density at radius 2 is 2.17 bits per heavy atom. The maximum Gasteiger partial charge on any atom is 0.191 e. The molecule has 0 spiro atoms. The Morgan fingerprint density at radius 1 is 1.30 bits per heavy atom. The summed E-state index contributed by atoms with van der Waals surface area (Å²) in [5.74, 6) is 2.48. The molecule has 1 aromatic heterocycles. The van der Waals surface area contributed by atoms with Crippen LogP contribution in [0.5, 0.6) is 0 Å². The third kappa shape index (κ3) is 4.56. The molecular weight excluding hydrogens is 308 g/mol. The second-order valence-electron chi connectivity index (χ2n) is 5.83. The van der Waals surface area contributed by atoms with Gasteiger partial charge in [0.1, 0.15) is 5.82 Å². The van der Waals surface area contributed by atoms with Crippen LogP contribution in [0.1, 0.15) is 30.1 Å². The van der Waals surface area contributed by atoms with Crippen molar-refractivity contribution < 1.29 is 4.74 Å². The molecule has 1 aromatic carbocycles. The molecule has 0 bridgehead atoms. The molecule has 1 saturated heterocycles. The monoisotopic (exact) mass is 332 g/mol. The summed E-state index contributed by atoms with van der Waals surface area (Å²) in [6.45, 7) is 3.51. The first-order valence-electron chi connectivity index (χ1n) is 8.19. The lowest BCUT2D eigenvalue weighted by Crippen LogP contribution is -2.29. The molecule has 5 nitrogen and oxygen atoms in total. The van der Waals surface area contributed by atoms with Crippen LogP contribution in [0, 0.1) is 0 Å². The normalized spacial score (nSPS) is 18.2. The number of nitrogens with zero attached hydrogens (tertiary/aromatic N) is 3. The molecule has 1 aliphatic heterocycles. The molecule has 2 heterocycles. The van der Waals surface area contributed by atoms with Crippen LogP contribution in [0.15, 0.2) is 35.5 Å². The number of aromatic nitrogens is 3. The molecule has 1 N–H and O–H groups in total. The van der Waals surface area contributed by atoms with Gasteiger partial charge in [0.05, 0.1) is 13.2 Å². The average Bonchev–Trinajstić information content (AvgIpc) is 2.97. The predicted molar refractivity (Wildman–Crippen MR) is 92.7 cm³/mol. The smallest absolute Gasteiger partial charge is 0.191 e. The number of benzene rings is 1. The van der Waals surface area contributed by atoms with E-state index in [1.54, 1.807) is 11.8 Å². The zero-order chi connectivity index (χ0) is 15.9. The molecule has 0 aliphatic carbocycles. The van der Waals surface area contributed by atoms with Crippen molar-refractivity contribution in [3.8, 4) is 0 Å². The van der Waals surface area contributed by atoms with Gasteiger partial charge in [-0.15, -0.1) is 10.2 Å². The van der Waals surface area contributed by atoms with Gasteiger partial charge >= 0.3 is 0 Å². The van der Waals surface area contributed by atoms with Crippen molar-refractivity contribution in [2.75, 3.05) is 25.4 Å². The Balaban J connectivity index is 1.42. The van der Waals surface area contributed by atoms with Gasteiger partial charge in [-0.3, -0.25) is 0 Å². The van der Waals surface area contributed by atoms with E-state index in [2.05, 4.69) is 39.3 Å². The van der Waals surface area contributed by atoms with Crippen LogP contribution < -0.4 is 5.32 Å². The highest BCUT2D eigenvalue weighted by Crippen LogP contribution is 2.24. The fourth-order valence-electron chi connectivity index (χ4n) is 2.84. The minimum atomic E-state index is 0.491. The van der Waals surface area contributed by atoms with Gasteiger partial charge in [-0.1, -0.05) is 42.1 Å². The molecular formula is C17H24N4OS. The molecule has 2 aromatic rings. The SMILES string of the molecule is Cn1c(SCCOCc2ccccc2)nnc1[C@@H]1CCCNC1. The number of piperidine rings is 1. The Kier molecular flexibility index (Phi) is 6.07. The molecule has 0 unspecified atom stereocenters. The minimum absolute atomic E-state index is 0.491. The van der Waals surface area contributed by atoms with Gasteiger partial charge in [-0.05, 0) is 24.9 Å². The van der Waals surface area contributed by atoms with Crippen LogP contribution in [-0.4, -0.2) is 40.2 Å². The van der Waals surface area contributed by atoms with E-state index in [9.17, 15) is 0 Å². The highest BCUT2D eigenvalue weighted by atomic mass is 32.2. The zero-order valence-corrected chi connectivity index (χ0v) is 14.4. The maximum absolute atomic E-state index is 5.72. The highest BCUT2D eigenvalue weighted by molar-refractivity contribution is 7.99. The molecule has 0 radical (unpaired) electrons. The van der Waals surface area contributed by atoms with E-state index in [-0.39, 0.29) is 0 Å². The number of ether oxygens (including phenoxy) is 1. The lowest BCUT2D eigenvalue weighted by molar-refractivity contribution is 0.136. The summed E-state index contributed by atoms with van der Waals surface area (Å²) in [7, 11) is 2.07. The fourth-order valence-corrected chi connectivity index (χ4v) is 3.61. The first kappa shape index (κ1) is 16.5. The predicted octanol–water partition coefficient (Wildman–Crippen LogP) is 2.59. The molecule has 0 saturated carbocycles. The first-order valence-corrected chi connectivity index (χ1v) is 9.17. The molecule has 0 amide bonds. The van der Waals surface area contributed by atoms with Gasteiger partial charge in [0.25, 0.3) is 0 Å². The summed E-state index contributed by atoms with van der Waals surface area (Å²) in [6, 6.07) is 10.3. The van der Waals surface area contributed by atoms with Crippen LogP contribution in [0.2, 0.25) is 0 Å². The van der Waals surface area contributed by atoms with Crippen LogP contribution in [0.3, 0.4) is 0 Å². The van der Waals surface area contributed by atoms with Gasteiger partial charge in [0.2, 0.25) is 0 Å². The van der Waals surface area contributed by atoms with E-state index in [1.807, 2.05) is 18.2 Å². The molecule has 1 fully saturated rings. The van der Waals surface area contributed by atoms with E-state index in [0.29, 0.717) is 19.1 Å². The van der Waals surface area contributed by atoms with Gasteiger partial charge in [0, 0.05) is 25.3 Å². The lowest BCUT2D eigenvalue weighted by atomic mass is 9.99. The standard InChI is InChI=1S/C17H24N4OS/c1-21-16(15-8-5-9-18-12-15)19-20-17(21)23-11-10-22-13-14-6-3-2-4-7-14/h2-4,6-7,15,18H,5,8-13H2,1H3/t15-/m1/s1. The van der Waals surface area contributed by atoms with Crippen LogP contribution >= 0.6 is 11.8 Å². The van der Waals surface area contributed by atoms with E-state index in [0.717, 1.165) is 29.8 Å². The van der Waals surface area contributed by atoms with E-state index >= 15 is 0 Å². The largest absolute Gasteiger partial charge is 0.376 e. The summed E-state index contributed by atoms with van der Waals surface area (Å²) < 4.78 is 7.85. The first-order chi connectivity index (χ1) is 11.3. The summed E-state index contributed by atoms with van der Waals surface area (Å²) in [5.41, 5.74) is 1.21. The van der Waals surface area contributed by atoms with E-state index < -0.39 is 0 Å². The summed E-state index contributed by atoms with van der Waals surface area (Å²) in [6.07, 6.45) is 2.41. The highest BCUT2D eigenvalue weighted by Gasteiger charge is 2.21. The Labute approximate surface area is 141 Å². The van der Waals surface area contributed by atoms with Crippen molar-refractivity contribution in [1.29, 1.82) is 0 Å². The van der Waals surface area contributed by atoms with Crippen molar-refractivity contribution in [3.05, 3.63) is 41.7 Å². The minimum Gasteiger partial charge on any atom is -0.376 e. The van der Waals surface area contributed by atoms with Crippen molar-refractivity contribution >= 4 is 11.8 Å². The van der Waals surface area contributed by atoms with Crippen molar-refractivity contribution in [1.82, 2.24) is 20.1 Å². The second kappa shape index (κ2) is 8.47. The van der Waals surface area contributed by atoms with Crippen molar-refractivity contribution in [2.24, 2.45) is 7.05 Å². The summed E-state index contributed by atoms with van der Waals surface area (Å²) in [4.78, 5) is 0. The van der Waals surface area contributed by atoms with Gasteiger partial charge < -0.3 is 14.6 Å². The number of thioether (sulfide) groups is 1.